The van der Waals surface area contributed by atoms with Crippen LogP contribution in [0.25, 0.3) is 0 Å². The monoisotopic (exact) mass is 287 g/mol. The molecule has 1 aliphatic heterocycles. The number of nitrogens with zero attached hydrogens (tertiary/aromatic N) is 1. The first-order valence-electron chi connectivity index (χ1n) is 6.73. The van der Waals surface area contributed by atoms with Crippen LogP contribution >= 0.6 is 11.3 Å². The maximum absolute atomic E-state index is 12.6. The number of thiophene rings is 1. The second kappa shape index (κ2) is 5.77. The van der Waals surface area contributed by atoms with Crippen LogP contribution in [0.1, 0.15) is 20.1 Å². The van der Waals surface area contributed by atoms with Crippen LogP contribution in [-0.4, -0.2) is 30.1 Å². The smallest absolute Gasteiger partial charge is 0.264 e. The normalized spacial score (nSPS) is 16.9. The van der Waals surface area contributed by atoms with Crippen molar-refractivity contribution >= 4 is 17.2 Å². The predicted molar refractivity (Wildman–Crippen MR) is 80.0 cm³/mol. The highest BCUT2D eigenvalue weighted by Gasteiger charge is 2.28. The van der Waals surface area contributed by atoms with Gasteiger partial charge in [0, 0.05) is 18.0 Å². The molecule has 104 valence electrons. The molecule has 1 fully saturated rings. The largest absolute Gasteiger partial charge is 0.371 e. The molecule has 0 aliphatic carbocycles. The van der Waals surface area contributed by atoms with Gasteiger partial charge in [-0.15, -0.1) is 11.3 Å². The molecule has 0 spiro atoms. The van der Waals surface area contributed by atoms with Crippen molar-refractivity contribution in [2.45, 2.75) is 19.6 Å². The molecule has 0 N–H and O–H groups in total. The fourth-order valence-corrected chi connectivity index (χ4v) is 2.98. The van der Waals surface area contributed by atoms with Crippen LogP contribution in [0.2, 0.25) is 0 Å². The Balaban J connectivity index is 1.76. The van der Waals surface area contributed by atoms with Gasteiger partial charge in [-0.3, -0.25) is 4.79 Å². The molecule has 2 aromatic rings. The van der Waals surface area contributed by atoms with E-state index in [9.17, 15) is 4.79 Å². The lowest BCUT2D eigenvalue weighted by molar-refractivity contribution is 0.0734. The van der Waals surface area contributed by atoms with E-state index in [1.807, 2.05) is 54.3 Å². The van der Waals surface area contributed by atoms with E-state index in [4.69, 9.17) is 4.74 Å². The first-order chi connectivity index (χ1) is 9.72. The number of benzene rings is 1. The Labute approximate surface area is 122 Å². The van der Waals surface area contributed by atoms with E-state index in [2.05, 4.69) is 0 Å². The van der Waals surface area contributed by atoms with Gasteiger partial charge >= 0.3 is 0 Å². The molecule has 1 atom stereocenters. The Kier molecular flexibility index (Phi) is 3.85. The molecule has 20 heavy (non-hydrogen) atoms. The summed E-state index contributed by atoms with van der Waals surface area (Å²) in [6.45, 7) is 4.09. The minimum Gasteiger partial charge on any atom is -0.371 e. The number of carbonyl (C=O) groups is 1. The predicted octanol–water partition coefficient (Wildman–Crippen LogP) is 3.10. The van der Waals surface area contributed by atoms with Crippen LogP contribution in [0.15, 0.2) is 42.5 Å². The van der Waals surface area contributed by atoms with Crippen LogP contribution in [-0.2, 0) is 11.3 Å². The lowest BCUT2D eigenvalue weighted by Gasteiger charge is -2.21. The Hall–Kier alpha value is -1.65. The summed E-state index contributed by atoms with van der Waals surface area (Å²) in [5, 5.41) is 0. The summed E-state index contributed by atoms with van der Waals surface area (Å²) < 4.78 is 5.28. The molecule has 3 rings (SSSR count). The Bertz CT molecular complexity index is 590. The summed E-state index contributed by atoms with van der Waals surface area (Å²) in [4.78, 5) is 16.5. The molecule has 4 heteroatoms. The van der Waals surface area contributed by atoms with E-state index in [-0.39, 0.29) is 12.0 Å². The number of epoxide rings is 1. The standard InChI is InChI=1S/C16H17NO2S/c1-12-7-8-15(20-12)16(18)17(10-14-11-19-14)9-13-5-3-2-4-6-13/h2-8,14H,9-11H2,1H3. The number of amides is 1. The lowest BCUT2D eigenvalue weighted by Crippen LogP contribution is -2.33. The zero-order valence-corrected chi connectivity index (χ0v) is 12.2. The highest BCUT2D eigenvalue weighted by Crippen LogP contribution is 2.21. The highest BCUT2D eigenvalue weighted by atomic mass is 32.1. The van der Waals surface area contributed by atoms with Gasteiger partial charge in [-0.1, -0.05) is 30.3 Å². The Morgan fingerprint density at radius 3 is 2.65 bits per heavy atom. The van der Waals surface area contributed by atoms with E-state index in [0.717, 1.165) is 21.9 Å². The number of ether oxygens (including phenoxy) is 1. The van der Waals surface area contributed by atoms with E-state index < -0.39 is 0 Å². The second-order valence-electron chi connectivity index (χ2n) is 5.04. The quantitative estimate of drug-likeness (QED) is 0.792. The van der Waals surface area contributed by atoms with Crippen molar-refractivity contribution in [1.82, 2.24) is 4.90 Å². The summed E-state index contributed by atoms with van der Waals surface area (Å²) in [5.41, 5.74) is 1.15. The van der Waals surface area contributed by atoms with Gasteiger partial charge in [0.1, 0.15) is 0 Å². The van der Waals surface area contributed by atoms with Crippen LogP contribution in [0.4, 0.5) is 0 Å². The SMILES string of the molecule is Cc1ccc(C(=O)N(Cc2ccccc2)CC2CO2)s1. The van der Waals surface area contributed by atoms with Crippen molar-refractivity contribution in [1.29, 1.82) is 0 Å². The summed E-state index contributed by atoms with van der Waals surface area (Å²) in [6.07, 6.45) is 0.212. The van der Waals surface area contributed by atoms with Crippen molar-refractivity contribution < 1.29 is 9.53 Å². The molecule has 1 aromatic carbocycles. The lowest BCUT2D eigenvalue weighted by atomic mass is 10.2. The van der Waals surface area contributed by atoms with Crippen molar-refractivity contribution in [3.63, 3.8) is 0 Å². The maximum atomic E-state index is 12.6. The summed E-state index contributed by atoms with van der Waals surface area (Å²) in [6, 6.07) is 14.0. The highest BCUT2D eigenvalue weighted by molar-refractivity contribution is 7.13. The molecule has 1 amide bonds. The summed E-state index contributed by atoms with van der Waals surface area (Å²) in [5.74, 6) is 0.0995. The number of carbonyl (C=O) groups excluding carboxylic acids is 1. The molecular weight excluding hydrogens is 270 g/mol. The van der Waals surface area contributed by atoms with Crippen LogP contribution in [0.3, 0.4) is 0 Å². The van der Waals surface area contributed by atoms with E-state index >= 15 is 0 Å². The third kappa shape index (κ3) is 3.26. The topological polar surface area (TPSA) is 32.8 Å². The molecule has 0 saturated carbocycles. The molecular formula is C16H17NO2S. The van der Waals surface area contributed by atoms with Gasteiger partial charge in [-0.25, -0.2) is 0 Å². The second-order valence-corrected chi connectivity index (χ2v) is 6.32. The van der Waals surface area contributed by atoms with Gasteiger partial charge in [0.15, 0.2) is 0 Å². The van der Waals surface area contributed by atoms with Crippen LogP contribution in [0, 0.1) is 6.92 Å². The summed E-state index contributed by atoms with van der Waals surface area (Å²) >= 11 is 1.55. The minimum atomic E-state index is 0.0995. The molecule has 3 nitrogen and oxygen atoms in total. The average molecular weight is 287 g/mol. The van der Waals surface area contributed by atoms with Gasteiger partial charge < -0.3 is 9.64 Å². The molecule has 0 bridgehead atoms. The number of aryl methyl sites for hydroxylation is 1. The van der Waals surface area contributed by atoms with E-state index in [1.54, 1.807) is 11.3 Å². The molecule has 0 radical (unpaired) electrons. The maximum Gasteiger partial charge on any atom is 0.264 e. The number of rotatable bonds is 5. The minimum absolute atomic E-state index is 0.0995. The van der Waals surface area contributed by atoms with Crippen molar-refractivity contribution in [2.75, 3.05) is 13.2 Å². The fourth-order valence-electron chi connectivity index (χ4n) is 2.15. The zero-order valence-electron chi connectivity index (χ0n) is 11.4. The number of hydrogen-bond donors (Lipinski definition) is 0. The van der Waals surface area contributed by atoms with Crippen LogP contribution < -0.4 is 0 Å². The average Bonchev–Trinajstić information content (AvgIpc) is 3.17. The van der Waals surface area contributed by atoms with Gasteiger partial charge in [-0.05, 0) is 24.6 Å². The third-order valence-electron chi connectivity index (χ3n) is 3.28. The number of hydrogen-bond acceptors (Lipinski definition) is 3. The fraction of sp³-hybridized carbons (Fsp3) is 0.312. The van der Waals surface area contributed by atoms with Gasteiger partial charge in [0.05, 0.1) is 17.6 Å². The van der Waals surface area contributed by atoms with Crippen molar-refractivity contribution in [3.05, 3.63) is 57.8 Å². The van der Waals surface area contributed by atoms with Gasteiger partial charge in [0.2, 0.25) is 0 Å². The molecule has 1 aliphatic rings. The first kappa shape index (κ1) is 13.3. The Morgan fingerprint density at radius 2 is 2.05 bits per heavy atom. The summed E-state index contributed by atoms with van der Waals surface area (Å²) in [7, 11) is 0. The van der Waals surface area contributed by atoms with Gasteiger partial charge in [-0.2, -0.15) is 0 Å². The van der Waals surface area contributed by atoms with Gasteiger partial charge in [0.25, 0.3) is 5.91 Å². The molecule has 2 heterocycles. The van der Waals surface area contributed by atoms with Crippen LogP contribution in [0.5, 0.6) is 0 Å². The van der Waals surface area contributed by atoms with E-state index in [0.29, 0.717) is 13.1 Å². The molecule has 1 aromatic heterocycles. The molecule has 1 unspecified atom stereocenters. The van der Waals surface area contributed by atoms with Crippen molar-refractivity contribution in [3.8, 4) is 0 Å². The third-order valence-corrected chi connectivity index (χ3v) is 4.27. The van der Waals surface area contributed by atoms with E-state index in [1.165, 1.54) is 0 Å². The van der Waals surface area contributed by atoms with Crippen molar-refractivity contribution in [2.24, 2.45) is 0 Å². The Morgan fingerprint density at radius 1 is 1.30 bits per heavy atom. The molecule has 1 saturated heterocycles. The zero-order chi connectivity index (χ0) is 13.9. The first-order valence-corrected chi connectivity index (χ1v) is 7.55.